The maximum atomic E-state index is 14.6. The van der Waals surface area contributed by atoms with Crippen LogP contribution in [0.3, 0.4) is 0 Å². The summed E-state index contributed by atoms with van der Waals surface area (Å²) in [4.78, 5) is 25.3. The van der Waals surface area contributed by atoms with Gasteiger partial charge in [-0.25, -0.2) is 14.0 Å². The Kier molecular flexibility index (Phi) is 5.69. The van der Waals surface area contributed by atoms with E-state index in [0.717, 1.165) is 5.56 Å². The number of hydrogen-bond donors (Lipinski definition) is 2. The molecule has 31 heavy (non-hydrogen) atoms. The van der Waals surface area contributed by atoms with Gasteiger partial charge in [0, 0.05) is 25.9 Å². The van der Waals surface area contributed by atoms with Crippen LogP contribution in [0, 0.1) is 5.82 Å². The summed E-state index contributed by atoms with van der Waals surface area (Å²) < 4.78 is 31.6. The maximum Gasteiger partial charge on any atom is 0.410 e. The van der Waals surface area contributed by atoms with Crippen molar-refractivity contribution in [1.29, 1.82) is 0 Å². The van der Waals surface area contributed by atoms with E-state index in [-0.39, 0.29) is 30.3 Å². The van der Waals surface area contributed by atoms with Gasteiger partial charge in [-0.2, -0.15) is 0 Å². The number of rotatable bonds is 4. The number of carbonyl (C=O) groups excluding carboxylic acids is 1. The zero-order valence-electron chi connectivity index (χ0n) is 16.7. The standard InChI is InChI=1S/C22H22FNO7/c23-18-17(20(26)27)15(11-25)10-16-19(18)30-13-22(31-16)6-8-24(9-7-22)21(28)29-12-14-4-2-1-3-5-14/h1-5,10,25H,6-9,11-13H2,(H,26,27). The predicted octanol–water partition coefficient (Wildman–Crippen LogP) is 2.96. The van der Waals surface area contributed by atoms with Gasteiger partial charge >= 0.3 is 12.1 Å². The van der Waals surface area contributed by atoms with E-state index in [2.05, 4.69) is 0 Å². The molecule has 164 valence electrons. The molecule has 0 radical (unpaired) electrons. The Morgan fingerprint density at radius 2 is 1.90 bits per heavy atom. The van der Waals surface area contributed by atoms with Crippen LogP contribution in [0.15, 0.2) is 36.4 Å². The number of fused-ring (bicyclic) bond motifs is 1. The second kappa shape index (κ2) is 8.43. The van der Waals surface area contributed by atoms with Crippen LogP contribution in [0.5, 0.6) is 11.5 Å². The Labute approximate surface area is 177 Å². The molecule has 9 heteroatoms. The molecule has 1 spiro atoms. The van der Waals surface area contributed by atoms with Crippen molar-refractivity contribution in [3.63, 3.8) is 0 Å². The van der Waals surface area contributed by atoms with Gasteiger partial charge < -0.3 is 29.3 Å². The van der Waals surface area contributed by atoms with E-state index in [9.17, 15) is 24.2 Å². The van der Waals surface area contributed by atoms with Gasteiger partial charge in [0.25, 0.3) is 0 Å². The highest BCUT2D eigenvalue weighted by Crippen LogP contribution is 2.43. The van der Waals surface area contributed by atoms with Gasteiger partial charge in [0.2, 0.25) is 0 Å². The molecule has 0 saturated carbocycles. The third-order valence-electron chi connectivity index (χ3n) is 5.60. The van der Waals surface area contributed by atoms with E-state index in [0.29, 0.717) is 25.9 Å². The molecule has 0 bridgehead atoms. The Morgan fingerprint density at radius 3 is 2.55 bits per heavy atom. The van der Waals surface area contributed by atoms with Crippen LogP contribution in [-0.2, 0) is 18.0 Å². The maximum absolute atomic E-state index is 14.6. The van der Waals surface area contributed by atoms with Gasteiger partial charge in [0.05, 0.1) is 6.61 Å². The minimum atomic E-state index is -1.49. The van der Waals surface area contributed by atoms with Crippen molar-refractivity contribution in [3.05, 3.63) is 58.9 Å². The Balaban J connectivity index is 1.41. The van der Waals surface area contributed by atoms with Crippen molar-refractivity contribution >= 4 is 12.1 Å². The average Bonchev–Trinajstić information content (AvgIpc) is 2.78. The molecule has 0 atom stereocenters. The molecule has 2 N–H and O–H groups in total. The van der Waals surface area contributed by atoms with Crippen LogP contribution < -0.4 is 9.47 Å². The first-order chi connectivity index (χ1) is 14.9. The quantitative estimate of drug-likeness (QED) is 0.767. The molecule has 0 unspecified atom stereocenters. The van der Waals surface area contributed by atoms with Crippen LogP contribution in [-0.4, -0.2) is 52.5 Å². The minimum Gasteiger partial charge on any atom is -0.483 e. The van der Waals surface area contributed by atoms with Crippen molar-refractivity contribution in [2.45, 2.75) is 31.7 Å². The molecule has 1 amide bonds. The summed E-state index contributed by atoms with van der Waals surface area (Å²) in [6.45, 7) is 0.303. The first-order valence-electron chi connectivity index (χ1n) is 9.89. The van der Waals surface area contributed by atoms with E-state index in [1.54, 1.807) is 4.90 Å². The monoisotopic (exact) mass is 431 g/mol. The van der Waals surface area contributed by atoms with E-state index in [1.807, 2.05) is 30.3 Å². The molecule has 1 fully saturated rings. The van der Waals surface area contributed by atoms with E-state index >= 15 is 0 Å². The second-order valence-corrected chi connectivity index (χ2v) is 7.62. The molecule has 2 aromatic carbocycles. The van der Waals surface area contributed by atoms with Gasteiger partial charge in [-0.1, -0.05) is 30.3 Å². The smallest absolute Gasteiger partial charge is 0.410 e. The van der Waals surface area contributed by atoms with E-state index < -0.39 is 35.7 Å². The average molecular weight is 431 g/mol. The molecule has 4 rings (SSSR count). The normalized spacial score (nSPS) is 16.8. The lowest BCUT2D eigenvalue weighted by Crippen LogP contribution is -2.54. The van der Waals surface area contributed by atoms with Gasteiger partial charge in [-0.15, -0.1) is 0 Å². The first-order valence-corrected chi connectivity index (χ1v) is 9.89. The van der Waals surface area contributed by atoms with Gasteiger partial charge in [-0.05, 0) is 17.2 Å². The van der Waals surface area contributed by atoms with Gasteiger partial charge in [0.15, 0.2) is 17.3 Å². The first kappa shape index (κ1) is 20.9. The number of aromatic carboxylic acids is 1. The number of aliphatic hydroxyl groups is 1. The highest BCUT2D eigenvalue weighted by Gasteiger charge is 2.43. The summed E-state index contributed by atoms with van der Waals surface area (Å²) in [5, 5.41) is 18.7. The molecule has 8 nitrogen and oxygen atoms in total. The number of likely N-dealkylation sites (tertiary alicyclic amines) is 1. The molecule has 2 heterocycles. The molecule has 2 aliphatic rings. The lowest BCUT2D eigenvalue weighted by molar-refractivity contribution is -0.0524. The van der Waals surface area contributed by atoms with Crippen molar-refractivity contribution in [2.75, 3.05) is 19.7 Å². The topological polar surface area (TPSA) is 106 Å². The third-order valence-corrected chi connectivity index (χ3v) is 5.60. The number of nitrogens with zero attached hydrogens (tertiary/aromatic N) is 1. The molecule has 0 aliphatic carbocycles. The third kappa shape index (κ3) is 4.13. The Morgan fingerprint density at radius 1 is 1.19 bits per heavy atom. The summed E-state index contributed by atoms with van der Waals surface area (Å²) >= 11 is 0. The summed E-state index contributed by atoms with van der Waals surface area (Å²) in [5.74, 6) is -2.77. The fraction of sp³-hybridized carbons (Fsp3) is 0.364. The van der Waals surface area contributed by atoms with E-state index in [1.165, 1.54) is 6.07 Å². The van der Waals surface area contributed by atoms with Crippen molar-refractivity contribution in [2.24, 2.45) is 0 Å². The SMILES string of the molecule is O=C(O)c1c(CO)cc2c(c1F)OCC1(CCN(C(=O)OCc3ccccc3)CC1)O2. The summed E-state index contributed by atoms with van der Waals surface area (Å²) in [7, 11) is 0. The molecular weight excluding hydrogens is 409 g/mol. The van der Waals surface area contributed by atoms with Crippen LogP contribution in [0.25, 0.3) is 0 Å². The molecule has 1 saturated heterocycles. The van der Waals surface area contributed by atoms with Crippen molar-refractivity contribution in [3.8, 4) is 11.5 Å². The number of piperidine rings is 1. The van der Waals surface area contributed by atoms with Crippen LogP contribution in [0.4, 0.5) is 9.18 Å². The largest absolute Gasteiger partial charge is 0.483 e. The minimum absolute atomic E-state index is 0.0291. The number of benzene rings is 2. The van der Waals surface area contributed by atoms with Crippen LogP contribution >= 0.6 is 0 Å². The number of carboxylic acid groups (broad SMARTS) is 1. The fourth-order valence-corrected chi connectivity index (χ4v) is 3.85. The zero-order chi connectivity index (χ0) is 22.0. The summed E-state index contributed by atoms with van der Waals surface area (Å²) in [5.41, 5.74) is -0.594. The predicted molar refractivity (Wildman–Crippen MR) is 106 cm³/mol. The molecular formula is C22H22FNO7. The Bertz CT molecular complexity index is 987. The summed E-state index contributed by atoms with van der Waals surface area (Å²) in [6.07, 6.45) is 0.448. The van der Waals surface area contributed by atoms with Gasteiger partial charge in [0.1, 0.15) is 24.4 Å². The van der Waals surface area contributed by atoms with Gasteiger partial charge in [-0.3, -0.25) is 0 Å². The zero-order valence-corrected chi connectivity index (χ0v) is 16.7. The number of amides is 1. The highest BCUT2D eigenvalue weighted by molar-refractivity contribution is 5.91. The molecule has 2 aliphatic heterocycles. The number of halogens is 1. The summed E-state index contributed by atoms with van der Waals surface area (Å²) in [6, 6.07) is 10.7. The number of carbonyl (C=O) groups is 2. The van der Waals surface area contributed by atoms with E-state index in [4.69, 9.17) is 14.2 Å². The second-order valence-electron chi connectivity index (χ2n) is 7.62. The van der Waals surface area contributed by atoms with Crippen molar-refractivity contribution in [1.82, 2.24) is 4.90 Å². The van der Waals surface area contributed by atoms with Crippen molar-refractivity contribution < 1.29 is 38.4 Å². The van der Waals surface area contributed by atoms with Crippen LogP contribution in [0.1, 0.15) is 34.3 Å². The lowest BCUT2D eigenvalue weighted by Gasteiger charge is -2.43. The molecule has 2 aromatic rings. The number of ether oxygens (including phenoxy) is 3. The number of carboxylic acids is 1. The highest BCUT2D eigenvalue weighted by atomic mass is 19.1. The van der Waals surface area contributed by atoms with Crippen LogP contribution in [0.2, 0.25) is 0 Å². The number of hydrogen-bond acceptors (Lipinski definition) is 6. The molecule has 0 aromatic heterocycles. The lowest BCUT2D eigenvalue weighted by atomic mass is 9.91. The Hall–Kier alpha value is -3.33. The number of aliphatic hydroxyl groups excluding tert-OH is 1. The fourth-order valence-electron chi connectivity index (χ4n) is 3.85.